The Hall–Kier alpha value is -1.35. The normalized spacial score (nSPS) is 10.2. The fourth-order valence-electron chi connectivity index (χ4n) is 1.82. The van der Waals surface area contributed by atoms with E-state index in [4.69, 9.17) is 9.84 Å². The van der Waals surface area contributed by atoms with Gasteiger partial charge in [-0.3, -0.25) is 4.79 Å². The van der Waals surface area contributed by atoms with Gasteiger partial charge in [0.2, 0.25) is 0 Å². The maximum absolute atomic E-state index is 11.8. The molecule has 0 aliphatic heterocycles. The lowest BCUT2D eigenvalue weighted by Crippen LogP contribution is -2.02. The van der Waals surface area contributed by atoms with Crippen LogP contribution in [0.25, 0.3) is 0 Å². The average molecular weight is 222 g/mol. The van der Waals surface area contributed by atoms with Crippen LogP contribution in [-0.2, 0) is 0 Å². The van der Waals surface area contributed by atoms with Crippen molar-refractivity contribution in [1.29, 1.82) is 0 Å². The first-order chi connectivity index (χ1) is 7.60. The zero-order valence-corrected chi connectivity index (χ0v) is 10.0. The van der Waals surface area contributed by atoms with E-state index >= 15 is 0 Å². The van der Waals surface area contributed by atoms with E-state index in [0.29, 0.717) is 18.4 Å². The second-order valence-corrected chi connectivity index (χ2v) is 3.89. The smallest absolute Gasteiger partial charge is 0.162 e. The van der Waals surface area contributed by atoms with Gasteiger partial charge in [-0.2, -0.15) is 0 Å². The minimum atomic E-state index is 0.0554. The van der Waals surface area contributed by atoms with Crippen LogP contribution in [0.1, 0.15) is 34.3 Å². The summed E-state index contributed by atoms with van der Waals surface area (Å²) in [4.78, 5) is 11.8. The fourth-order valence-corrected chi connectivity index (χ4v) is 1.82. The maximum Gasteiger partial charge on any atom is 0.162 e. The molecule has 1 rings (SSSR count). The van der Waals surface area contributed by atoms with Gasteiger partial charge in [0.25, 0.3) is 0 Å². The molecular formula is C13H18O3. The lowest BCUT2D eigenvalue weighted by molar-refractivity contribution is 0.0971. The Kier molecular flexibility index (Phi) is 4.50. The van der Waals surface area contributed by atoms with Crippen LogP contribution in [0, 0.1) is 13.8 Å². The van der Waals surface area contributed by atoms with Gasteiger partial charge in [-0.05, 0) is 43.5 Å². The highest BCUT2D eigenvalue weighted by Gasteiger charge is 2.10. The van der Waals surface area contributed by atoms with Crippen molar-refractivity contribution in [2.75, 3.05) is 13.7 Å². The Bertz CT molecular complexity index is 360. The summed E-state index contributed by atoms with van der Waals surface area (Å²) in [6.45, 7) is 3.91. The number of hydrogen-bond donors (Lipinski definition) is 1. The van der Waals surface area contributed by atoms with Gasteiger partial charge in [0.15, 0.2) is 5.78 Å². The van der Waals surface area contributed by atoms with Crippen LogP contribution < -0.4 is 4.74 Å². The van der Waals surface area contributed by atoms with E-state index in [2.05, 4.69) is 0 Å². The van der Waals surface area contributed by atoms with E-state index in [1.54, 1.807) is 7.11 Å². The SMILES string of the molecule is COc1c(C)cc(C(=O)CCCO)cc1C. The minimum Gasteiger partial charge on any atom is -0.496 e. The van der Waals surface area contributed by atoms with E-state index in [1.165, 1.54) is 0 Å². The molecule has 0 aliphatic rings. The molecule has 0 amide bonds. The first-order valence-corrected chi connectivity index (χ1v) is 5.39. The molecule has 0 radical (unpaired) electrons. The quantitative estimate of drug-likeness (QED) is 0.777. The Labute approximate surface area is 96.1 Å². The van der Waals surface area contributed by atoms with Gasteiger partial charge < -0.3 is 9.84 Å². The molecule has 0 bridgehead atoms. The number of rotatable bonds is 5. The van der Waals surface area contributed by atoms with E-state index < -0.39 is 0 Å². The van der Waals surface area contributed by atoms with Crippen molar-refractivity contribution in [3.63, 3.8) is 0 Å². The predicted molar refractivity (Wildman–Crippen MR) is 63.1 cm³/mol. The second kappa shape index (κ2) is 5.66. The van der Waals surface area contributed by atoms with Crippen molar-refractivity contribution >= 4 is 5.78 Å². The highest BCUT2D eigenvalue weighted by Crippen LogP contribution is 2.24. The second-order valence-electron chi connectivity index (χ2n) is 3.89. The van der Waals surface area contributed by atoms with Crippen LogP contribution in [-0.4, -0.2) is 24.6 Å². The molecule has 0 saturated carbocycles. The Morgan fingerprint density at radius 1 is 1.31 bits per heavy atom. The molecule has 1 aromatic carbocycles. The summed E-state index contributed by atoms with van der Waals surface area (Å²) >= 11 is 0. The predicted octanol–water partition coefficient (Wildman–Crippen LogP) is 2.27. The van der Waals surface area contributed by atoms with Crippen LogP contribution in [0.2, 0.25) is 0 Å². The number of benzene rings is 1. The summed E-state index contributed by atoms with van der Waals surface area (Å²) in [6.07, 6.45) is 0.907. The highest BCUT2D eigenvalue weighted by atomic mass is 16.5. The molecule has 3 heteroatoms. The van der Waals surface area contributed by atoms with Gasteiger partial charge in [-0.15, -0.1) is 0 Å². The molecule has 0 atom stereocenters. The first kappa shape index (κ1) is 12.7. The average Bonchev–Trinajstić information content (AvgIpc) is 2.25. The summed E-state index contributed by atoms with van der Waals surface area (Å²) in [5.41, 5.74) is 2.63. The topological polar surface area (TPSA) is 46.5 Å². The zero-order valence-electron chi connectivity index (χ0n) is 10.0. The molecule has 88 valence electrons. The van der Waals surface area contributed by atoms with Crippen molar-refractivity contribution in [2.45, 2.75) is 26.7 Å². The van der Waals surface area contributed by atoms with Gasteiger partial charge in [-0.25, -0.2) is 0 Å². The van der Waals surface area contributed by atoms with Crippen LogP contribution in [0.15, 0.2) is 12.1 Å². The van der Waals surface area contributed by atoms with Gasteiger partial charge in [0.1, 0.15) is 5.75 Å². The van der Waals surface area contributed by atoms with Gasteiger partial charge in [-0.1, -0.05) is 0 Å². The lowest BCUT2D eigenvalue weighted by Gasteiger charge is -2.10. The molecule has 1 aromatic rings. The molecular weight excluding hydrogens is 204 g/mol. The van der Waals surface area contributed by atoms with Gasteiger partial charge in [0.05, 0.1) is 7.11 Å². The Morgan fingerprint density at radius 2 is 1.88 bits per heavy atom. The maximum atomic E-state index is 11.8. The molecule has 0 unspecified atom stereocenters. The highest BCUT2D eigenvalue weighted by molar-refractivity contribution is 5.96. The molecule has 1 N–H and O–H groups in total. The number of methoxy groups -OCH3 is 1. The number of carbonyl (C=O) groups excluding carboxylic acids is 1. The Balaban J connectivity index is 2.95. The summed E-state index contributed by atoms with van der Waals surface area (Å²) in [6, 6.07) is 3.68. The summed E-state index contributed by atoms with van der Waals surface area (Å²) in [5.74, 6) is 0.904. The summed E-state index contributed by atoms with van der Waals surface area (Å²) in [7, 11) is 1.63. The van der Waals surface area contributed by atoms with E-state index in [0.717, 1.165) is 16.9 Å². The summed E-state index contributed by atoms with van der Waals surface area (Å²) < 4.78 is 5.24. The third-order valence-electron chi connectivity index (χ3n) is 2.55. The number of carbonyl (C=O) groups is 1. The van der Waals surface area contributed by atoms with Crippen molar-refractivity contribution in [3.8, 4) is 5.75 Å². The van der Waals surface area contributed by atoms with Crippen LogP contribution in [0.4, 0.5) is 0 Å². The third-order valence-corrected chi connectivity index (χ3v) is 2.55. The first-order valence-electron chi connectivity index (χ1n) is 5.39. The fraction of sp³-hybridized carbons (Fsp3) is 0.462. The largest absolute Gasteiger partial charge is 0.496 e. The molecule has 0 aromatic heterocycles. The molecule has 0 heterocycles. The molecule has 3 nitrogen and oxygen atoms in total. The van der Waals surface area contributed by atoms with Crippen LogP contribution >= 0.6 is 0 Å². The Morgan fingerprint density at radius 3 is 2.31 bits per heavy atom. The van der Waals surface area contributed by atoms with Crippen molar-refractivity contribution in [1.82, 2.24) is 0 Å². The van der Waals surface area contributed by atoms with Crippen molar-refractivity contribution in [2.24, 2.45) is 0 Å². The number of aliphatic hydroxyl groups is 1. The van der Waals surface area contributed by atoms with Crippen LogP contribution in [0.3, 0.4) is 0 Å². The number of ketones is 1. The van der Waals surface area contributed by atoms with Crippen LogP contribution in [0.5, 0.6) is 5.75 Å². The zero-order chi connectivity index (χ0) is 12.1. The number of Topliss-reactive ketones (excluding diaryl/α,β-unsaturated/α-hetero) is 1. The van der Waals surface area contributed by atoms with Crippen molar-refractivity contribution in [3.05, 3.63) is 28.8 Å². The number of ether oxygens (including phenoxy) is 1. The molecule has 0 aliphatic carbocycles. The number of aryl methyl sites for hydroxylation is 2. The molecule has 0 spiro atoms. The molecule has 16 heavy (non-hydrogen) atoms. The van der Waals surface area contributed by atoms with E-state index in [-0.39, 0.29) is 12.4 Å². The molecule has 0 fully saturated rings. The third kappa shape index (κ3) is 2.83. The number of aliphatic hydroxyl groups excluding tert-OH is 1. The standard InChI is InChI=1S/C13H18O3/c1-9-7-11(12(15)5-4-6-14)8-10(2)13(9)16-3/h7-8,14H,4-6H2,1-3H3. The van der Waals surface area contributed by atoms with Gasteiger partial charge in [0, 0.05) is 18.6 Å². The lowest BCUT2D eigenvalue weighted by atomic mass is 10.0. The summed E-state index contributed by atoms with van der Waals surface area (Å²) in [5, 5.41) is 8.68. The van der Waals surface area contributed by atoms with Gasteiger partial charge >= 0.3 is 0 Å². The molecule has 0 saturated heterocycles. The van der Waals surface area contributed by atoms with E-state index in [9.17, 15) is 4.79 Å². The van der Waals surface area contributed by atoms with Crippen molar-refractivity contribution < 1.29 is 14.6 Å². The van der Waals surface area contributed by atoms with E-state index in [1.807, 2.05) is 26.0 Å². The minimum absolute atomic E-state index is 0.0554. The monoisotopic (exact) mass is 222 g/mol. The number of hydrogen-bond acceptors (Lipinski definition) is 3.